The summed E-state index contributed by atoms with van der Waals surface area (Å²) in [4.78, 5) is 12.4. The molecule has 180 valence electrons. The Morgan fingerprint density at radius 2 is 1.85 bits per heavy atom. The van der Waals surface area contributed by atoms with Crippen LogP contribution >= 0.6 is 0 Å². The molecule has 1 aliphatic rings. The van der Waals surface area contributed by atoms with Crippen LogP contribution in [0.5, 0.6) is 0 Å². The van der Waals surface area contributed by atoms with Crippen LogP contribution in [0.2, 0.25) is 0 Å². The standard InChI is InChI=1S/C22H22F2N4O5S/c1-13-11-20(27-32-13)25-22(29)16-7-9-28(10-8-16)34(30,31)21-14(2)26-33-19(21)6-4-15-3-5-17(23)12-18(15)24/h3-6,11-12,16H,7-10H2,1-2H3,(H,25,27,29). The van der Waals surface area contributed by atoms with Gasteiger partial charge >= 0.3 is 0 Å². The van der Waals surface area contributed by atoms with Gasteiger partial charge in [-0.1, -0.05) is 10.3 Å². The zero-order valence-electron chi connectivity index (χ0n) is 18.4. The maximum Gasteiger partial charge on any atom is 0.248 e. The second-order valence-corrected chi connectivity index (χ2v) is 9.83. The number of piperidine rings is 1. The van der Waals surface area contributed by atoms with Gasteiger partial charge in [-0.15, -0.1) is 0 Å². The van der Waals surface area contributed by atoms with Crippen molar-refractivity contribution < 1.29 is 31.0 Å². The van der Waals surface area contributed by atoms with Crippen molar-refractivity contribution >= 4 is 33.9 Å². The smallest absolute Gasteiger partial charge is 0.248 e. The molecule has 1 aromatic carbocycles. The third kappa shape index (κ3) is 4.92. The van der Waals surface area contributed by atoms with E-state index >= 15 is 0 Å². The van der Waals surface area contributed by atoms with Crippen molar-refractivity contribution in [3.8, 4) is 0 Å². The van der Waals surface area contributed by atoms with Crippen LogP contribution in [0.4, 0.5) is 14.6 Å². The summed E-state index contributed by atoms with van der Waals surface area (Å²) in [5.41, 5.74) is 0.216. The first-order valence-electron chi connectivity index (χ1n) is 10.5. The fourth-order valence-corrected chi connectivity index (χ4v) is 5.46. The molecule has 1 amide bonds. The Balaban J connectivity index is 1.47. The number of nitrogens with zero attached hydrogens (tertiary/aromatic N) is 3. The van der Waals surface area contributed by atoms with E-state index in [0.29, 0.717) is 24.4 Å². The lowest BCUT2D eigenvalue weighted by Gasteiger charge is -2.30. The largest absolute Gasteiger partial charge is 0.360 e. The van der Waals surface area contributed by atoms with E-state index in [9.17, 15) is 22.0 Å². The van der Waals surface area contributed by atoms with E-state index < -0.39 is 21.7 Å². The Kier molecular flexibility index (Phi) is 6.62. The summed E-state index contributed by atoms with van der Waals surface area (Å²) in [6.07, 6.45) is 3.20. The molecule has 1 saturated heterocycles. The first-order valence-corrected chi connectivity index (χ1v) is 11.9. The van der Waals surface area contributed by atoms with Crippen molar-refractivity contribution in [2.75, 3.05) is 18.4 Å². The van der Waals surface area contributed by atoms with E-state index in [-0.39, 0.29) is 46.8 Å². The van der Waals surface area contributed by atoms with Gasteiger partial charge < -0.3 is 14.4 Å². The lowest BCUT2D eigenvalue weighted by molar-refractivity contribution is -0.120. The number of benzene rings is 1. The Morgan fingerprint density at radius 3 is 2.50 bits per heavy atom. The minimum absolute atomic E-state index is 0.0629. The number of anilines is 1. The highest BCUT2D eigenvalue weighted by atomic mass is 32.2. The summed E-state index contributed by atoms with van der Waals surface area (Å²) in [6.45, 7) is 3.45. The van der Waals surface area contributed by atoms with Gasteiger partial charge in [0.15, 0.2) is 16.5 Å². The lowest BCUT2D eigenvalue weighted by atomic mass is 9.97. The number of aromatic nitrogens is 2. The molecule has 1 N–H and O–H groups in total. The maximum atomic E-state index is 13.9. The van der Waals surface area contributed by atoms with Crippen molar-refractivity contribution in [1.82, 2.24) is 14.6 Å². The molecule has 12 heteroatoms. The Hall–Kier alpha value is -3.38. The number of amides is 1. The molecule has 3 aromatic rings. The molecule has 2 aromatic heterocycles. The molecule has 1 aliphatic heterocycles. The number of nitrogens with one attached hydrogen (secondary N) is 1. The zero-order valence-corrected chi connectivity index (χ0v) is 19.2. The Morgan fingerprint density at radius 1 is 1.12 bits per heavy atom. The van der Waals surface area contributed by atoms with Crippen LogP contribution in [-0.2, 0) is 14.8 Å². The summed E-state index contributed by atoms with van der Waals surface area (Å²) < 4.78 is 65.1. The van der Waals surface area contributed by atoms with Gasteiger partial charge in [-0.3, -0.25) is 4.79 Å². The minimum atomic E-state index is -3.99. The van der Waals surface area contributed by atoms with Crippen LogP contribution in [0, 0.1) is 31.4 Å². The summed E-state index contributed by atoms with van der Waals surface area (Å²) in [6, 6.07) is 4.65. The monoisotopic (exact) mass is 492 g/mol. The fraction of sp³-hybridized carbons (Fsp3) is 0.318. The number of aryl methyl sites for hydroxylation is 2. The minimum Gasteiger partial charge on any atom is -0.360 e. The number of carbonyl (C=O) groups is 1. The van der Waals surface area contributed by atoms with Crippen molar-refractivity contribution in [1.29, 1.82) is 0 Å². The third-order valence-corrected chi connectivity index (χ3v) is 7.57. The summed E-state index contributed by atoms with van der Waals surface area (Å²) >= 11 is 0. The molecule has 9 nitrogen and oxygen atoms in total. The molecule has 0 saturated carbocycles. The highest BCUT2D eigenvalue weighted by molar-refractivity contribution is 7.89. The molecule has 1 fully saturated rings. The normalized spacial score (nSPS) is 15.8. The van der Waals surface area contributed by atoms with Crippen molar-refractivity contribution in [2.45, 2.75) is 31.6 Å². The average molecular weight is 493 g/mol. The van der Waals surface area contributed by atoms with E-state index in [1.54, 1.807) is 13.0 Å². The molecular weight excluding hydrogens is 470 g/mol. The number of rotatable bonds is 6. The molecule has 0 unspecified atom stereocenters. The number of hydrogen-bond donors (Lipinski definition) is 1. The number of sulfonamides is 1. The molecule has 34 heavy (non-hydrogen) atoms. The van der Waals surface area contributed by atoms with Crippen LogP contribution < -0.4 is 5.32 Å². The Labute approximate surface area is 194 Å². The molecule has 0 aliphatic carbocycles. The average Bonchev–Trinajstić information content (AvgIpc) is 3.38. The predicted molar refractivity (Wildman–Crippen MR) is 118 cm³/mol. The zero-order chi connectivity index (χ0) is 24.5. The van der Waals surface area contributed by atoms with Gasteiger partial charge in [0.25, 0.3) is 0 Å². The first-order chi connectivity index (χ1) is 16.1. The van der Waals surface area contributed by atoms with Crippen LogP contribution in [0.1, 0.15) is 35.6 Å². The van der Waals surface area contributed by atoms with Crippen molar-refractivity contribution in [2.24, 2.45) is 5.92 Å². The summed E-state index contributed by atoms with van der Waals surface area (Å²) in [5, 5.41) is 10.2. The van der Waals surface area contributed by atoms with Crippen LogP contribution in [-0.4, -0.2) is 42.0 Å². The number of carbonyl (C=O) groups excluding carboxylic acids is 1. The Bertz CT molecular complexity index is 1340. The van der Waals surface area contributed by atoms with Gasteiger partial charge in [0, 0.05) is 36.7 Å². The van der Waals surface area contributed by atoms with Crippen molar-refractivity contribution in [3.05, 3.63) is 58.7 Å². The van der Waals surface area contributed by atoms with E-state index in [1.807, 2.05) is 0 Å². The molecule has 0 bridgehead atoms. The van der Waals surface area contributed by atoms with Gasteiger partial charge in [0.05, 0.1) is 0 Å². The van der Waals surface area contributed by atoms with E-state index in [2.05, 4.69) is 15.6 Å². The van der Waals surface area contributed by atoms with Gasteiger partial charge in [0.1, 0.15) is 23.1 Å². The van der Waals surface area contributed by atoms with Gasteiger partial charge in [-0.05, 0) is 51.0 Å². The van der Waals surface area contributed by atoms with Gasteiger partial charge in [0.2, 0.25) is 15.9 Å². The molecular formula is C22H22F2N4O5S. The van der Waals surface area contributed by atoms with Crippen molar-refractivity contribution in [3.63, 3.8) is 0 Å². The predicted octanol–water partition coefficient (Wildman–Crippen LogP) is 3.77. The third-order valence-electron chi connectivity index (χ3n) is 5.51. The highest BCUT2D eigenvalue weighted by Gasteiger charge is 2.36. The van der Waals surface area contributed by atoms with Crippen LogP contribution in [0.25, 0.3) is 12.2 Å². The van der Waals surface area contributed by atoms with Gasteiger partial charge in [-0.25, -0.2) is 17.2 Å². The first kappa shape index (κ1) is 23.8. The molecule has 0 atom stereocenters. The second kappa shape index (κ2) is 9.47. The van der Waals surface area contributed by atoms with Gasteiger partial charge in [-0.2, -0.15) is 4.31 Å². The van der Waals surface area contributed by atoms with E-state index in [0.717, 1.165) is 12.1 Å². The SMILES string of the molecule is Cc1cc(NC(=O)C2CCN(S(=O)(=O)c3c(C)noc3C=Cc3ccc(F)cc3F)CC2)no1. The summed E-state index contributed by atoms with van der Waals surface area (Å²) in [5.74, 6) is -1.34. The molecule has 3 heterocycles. The van der Waals surface area contributed by atoms with Crippen LogP contribution in [0.3, 0.4) is 0 Å². The topological polar surface area (TPSA) is 119 Å². The van der Waals surface area contributed by atoms with E-state index in [1.165, 1.54) is 29.4 Å². The number of halogens is 2. The summed E-state index contributed by atoms with van der Waals surface area (Å²) in [7, 11) is -3.99. The quantitative estimate of drug-likeness (QED) is 0.556. The fourth-order valence-electron chi connectivity index (χ4n) is 3.74. The molecule has 4 rings (SSSR count). The van der Waals surface area contributed by atoms with E-state index in [4.69, 9.17) is 9.05 Å². The second-order valence-electron chi connectivity index (χ2n) is 7.95. The lowest BCUT2D eigenvalue weighted by Crippen LogP contribution is -2.41. The molecule has 0 radical (unpaired) electrons. The highest BCUT2D eigenvalue weighted by Crippen LogP contribution is 2.30. The van der Waals surface area contributed by atoms with Crippen LogP contribution in [0.15, 0.2) is 38.2 Å². The maximum absolute atomic E-state index is 13.9. The number of hydrogen-bond acceptors (Lipinski definition) is 7. The molecule has 0 spiro atoms.